The fourth-order valence-electron chi connectivity index (χ4n) is 4.15. The molecule has 7 heteroatoms. The van der Waals surface area contributed by atoms with Gasteiger partial charge in [0.1, 0.15) is 5.82 Å². The maximum absolute atomic E-state index is 13.3. The third-order valence-electron chi connectivity index (χ3n) is 5.77. The summed E-state index contributed by atoms with van der Waals surface area (Å²) >= 11 is 0. The van der Waals surface area contributed by atoms with Crippen molar-refractivity contribution in [1.82, 2.24) is 20.0 Å². The number of hydrogen-bond donors (Lipinski definition) is 1. The molecule has 0 unspecified atom stereocenters. The molecule has 3 amide bonds. The van der Waals surface area contributed by atoms with Gasteiger partial charge in [0.25, 0.3) is 5.91 Å². The summed E-state index contributed by atoms with van der Waals surface area (Å²) in [4.78, 5) is 31.2. The largest absolute Gasteiger partial charge is 0.332 e. The molecule has 3 aliphatic rings. The Bertz CT molecular complexity index is 771. The molecular weight excluding hydrogens is 347 g/mol. The van der Waals surface area contributed by atoms with Crippen LogP contribution in [0, 0.1) is 5.82 Å². The van der Waals surface area contributed by atoms with Gasteiger partial charge in [-0.05, 0) is 43.6 Å². The van der Waals surface area contributed by atoms with Crippen LogP contribution in [0.5, 0.6) is 0 Å². The standard InChI is InChI=1S/C20H25FN4O2/c1-23-16-13-25(12-11-24-9-3-2-4-10-24)19(26)17(16)18(22-20(23)27)14-5-7-15(21)8-6-14/h5-8,18H,2-4,9-13H2,1H3,(H,22,27)/t18-/m0/s1. The maximum atomic E-state index is 13.3. The van der Waals surface area contributed by atoms with Gasteiger partial charge in [-0.3, -0.25) is 9.69 Å². The number of benzene rings is 1. The first kappa shape index (κ1) is 18.0. The van der Waals surface area contributed by atoms with Crippen molar-refractivity contribution < 1.29 is 14.0 Å². The molecule has 3 aliphatic heterocycles. The molecule has 4 rings (SSSR count). The number of amides is 3. The van der Waals surface area contributed by atoms with Crippen LogP contribution >= 0.6 is 0 Å². The number of urea groups is 1. The lowest BCUT2D eigenvalue weighted by molar-refractivity contribution is -0.126. The highest BCUT2D eigenvalue weighted by Crippen LogP contribution is 2.35. The minimum absolute atomic E-state index is 0.0387. The van der Waals surface area contributed by atoms with E-state index < -0.39 is 6.04 Å². The lowest BCUT2D eigenvalue weighted by atomic mass is 9.96. The first-order chi connectivity index (χ1) is 13.0. The van der Waals surface area contributed by atoms with Crippen LogP contribution in [0.25, 0.3) is 0 Å². The number of likely N-dealkylation sites (N-methyl/N-ethyl adjacent to an activating group) is 1. The van der Waals surface area contributed by atoms with Gasteiger partial charge < -0.3 is 15.1 Å². The number of carbonyl (C=O) groups excluding carboxylic acids is 2. The molecule has 1 aromatic carbocycles. The smallest absolute Gasteiger partial charge is 0.322 e. The quantitative estimate of drug-likeness (QED) is 0.881. The Morgan fingerprint density at radius 2 is 1.78 bits per heavy atom. The summed E-state index contributed by atoms with van der Waals surface area (Å²) in [6.45, 7) is 4.15. The molecule has 1 saturated heterocycles. The molecule has 0 spiro atoms. The average molecular weight is 372 g/mol. The first-order valence-corrected chi connectivity index (χ1v) is 9.59. The monoisotopic (exact) mass is 372 g/mol. The van der Waals surface area contributed by atoms with Crippen LogP contribution in [0.3, 0.4) is 0 Å². The van der Waals surface area contributed by atoms with E-state index in [9.17, 15) is 14.0 Å². The molecule has 0 bridgehead atoms. The highest BCUT2D eigenvalue weighted by atomic mass is 19.1. The van der Waals surface area contributed by atoms with Crippen LogP contribution in [0.1, 0.15) is 30.9 Å². The number of carbonyl (C=O) groups is 2. The number of piperidine rings is 1. The molecule has 0 aromatic heterocycles. The van der Waals surface area contributed by atoms with Gasteiger partial charge in [0.05, 0.1) is 23.9 Å². The Labute approximate surface area is 158 Å². The highest BCUT2D eigenvalue weighted by Gasteiger charge is 2.42. The van der Waals surface area contributed by atoms with Gasteiger partial charge in [0.15, 0.2) is 0 Å². The highest BCUT2D eigenvalue weighted by molar-refractivity contribution is 6.01. The number of nitrogens with one attached hydrogen (secondary N) is 1. The lowest BCUT2D eigenvalue weighted by Gasteiger charge is -2.31. The minimum Gasteiger partial charge on any atom is -0.332 e. The summed E-state index contributed by atoms with van der Waals surface area (Å²) < 4.78 is 13.3. The van der Waals surface area contributed by atoms with E-state index in [1.807, 2.05) is 4.90 Å². The predicted octanol–water partition coefficient (Wildman–Crippen LogP) is 2.10. The fourth-order valence-corrected chi connectivity index (χ4v) is 4.15. The van der Waals surface area contributed by atoms with E-state index in [2.05, 4.69) is 10.2 Å². The average Bonchev–Trinajstić information content (AvgIpc) is 3.01. The Hall–Kier alpha value is -2.41. The second kappa shape index (κ2) is 7.31. The molecular formula is C20H25FN4O2. The van der Waals surface area contributed by atoms with Crippen molar-refractivity contribution in [2.75, 3.05) is 39.8 Å². The van der Waals surface area contributed by atoms with Gasteiger partial charge in [-0.1, -0.05) is 18.6 Å². The molecule has 3 heterocycles. The summed E-state index contributed by atoms with van der Waals surface area (Å²) in [6.07, 6.45) is 3.72. The zero-order valence-corrected chi connectivity index (χ0v) is 15.6. The van der Waals surface area contributed by atoms with Crippen LogP contribution in [-0.4, -0.2) is 66.4 Å². The second-order valence-electron chi connectivity index (χ2n) is 7.48. The third kappa shape index (κ3) is 3.43. The molecule has 27 heavy (non-hydrogen) atoms. The van der Waals surface area contributed by atoms with Gasteiger partial charge in [0.2, 0.25) is 0 Å². The zero-order chi connectivity index (χ0) is 19.0. The Balaban J connectivity index is 1.53. The summed E-state index contributed by atoms with van der Waals surface area (Å²) in [5, 5.41) is 2.88. The molecule has 6 nitrogen and oxygen atoms in total. The van der Waals surface area contributed by atoms with E-state index in [-0.39, 0.29) is 17.8 Å². The van der Waals surface area contributed by atoms with Crippen molar-refractivity contribution in [1.29, 1.82) is 0 Å². The van der Waals surface area contributed by atoms with Crippen LogP contribution in [0.2, 0.25) is 0 Å². The van der Waals surface area contributed by atoms with Crippen LogP contribution < -0.4 is 5.32 Å². The minimum atomic E-state index is -0.531. The molecule has 0 saturated carbocycles. The van der Waals surface area contributed by atoms with Crippen molar-refractivity contribution in [2.45, 2.75) is 25.3 Å². The van der Waals surface area contributed by atoms with E-state index >= 15 is 0 Å². The second-order valence-corrected chi connectivity index (χ2v) is 7.48. The van der Waals surface area contributed by atoms with Gasteiger partial charge in [0, 0.05) is 20.1 Å². The molecule has 0 radical (unpaired) electrons. The van der Waals surface area contributed by atoms with Gasteiger partial charge in [-0.2, -0.15) is 0 Å². The first-order valence-electron chi connectivity index (χ1n) is 9.59. The van der Waals surface area contributed by atoms with Gasteiger partial charge >= 0.3 is 6.03 Å². The summed E-state index contributed by atoms with van der Waals surface area (Å²) in [7, 11) is 1.69. The predicted molar refractivity (Wildman–Crippen MR) is 99.3 cm³/mol. The Morgan fingerprint density at radius 1 is 1.07 bits per heavy atom. The fraction of sp³-hybridized carbons (Fsp3) is 0.500. The zero-order valence-electron chi connectivity index (χ0n) is 15.6. The van der Waals surface area contributed by atoms with E-state index in [0.717, 1.165) is 30.9 Å². The van der Waals surface area contributed by atoms with Gasteiger partial charge in [-0.25, -0.2) is 9.18 Å². The summed E-state index contributed by atoms with van der Waals surface area (Å²) in [5.74, 6) is -0.378. The molecule has 1 aromatic rings. The van der Waals surface area contributed by atoms with E-state index in [0.29, 0.717) is 18.7 Å². The topological polar surface area (TPSA) is 55.9 Å². The van der Waals surface area contributed by atoms with E-state index in [4.69, 9.17) is 0 Å². The number of likely N-dealkylation sites (tertiary alicyclic amines) is 1. The van der Waals surface area contributed by atoms with Crippen molar-refractivity contribution in [2.24, 2.45) is 0 Å². The molecule has 0 aliphatic carbocycles. The summed E-state index contributed by atoms with van der Waals surface area (Å²) in [5.41, 5.74) is 2.07. The molecule has 1 N–H and O–H groups in total. The number of hydrogen-bond acceptors (Lipinski definition) is 3. The number of rotatable bonds is 4. The van der Waals surface area contributed by atoms with Crippen LogP contribution in [0.4, 0.5) is 9.18 Å². The van der Waals surface area contributed by atoms with Crippen molar-refractivity contribution in [3.63, 3.8) is 0 Å². The maximum Gasteiger partial charge on any atom is 0.322 e. The van der Waals surface area contributed by atoms with Crippen LogP contribution in [-0.2, 0) is 4.79 Å². The normalized spacial score (nSPS) is 23.7. The van der Waals surface area contributed by atoms with Crippen molar-refractivity contribution >= 4 is 11.9 Å². The summed E-state index contributed by atoms with van der Waals surface area (Å²) in [6, 6.07) is 5.19. The van der Waals surface area contributed by atoms with Crippen molar-refractivity contribution in [3.05, 3.63) is 46.9 Å². The van der Waals surface area contributed by atoms with Crippen molar-refractivity contribution in [3.8, 4) is 0 Å². The number of nitrogens with zero attached hydrogens (tertiary/aromatic N) is 3. The van der Waals surface area contributed by atoms with E-state index in [1.165, 1.54) is 36.3 Å². The lowest BCUT2D eigenvalue weighted by Crippen LogP contribution is -2.45. The Morgan fingerprint density at radius 3 is 2.48 bits per heavy atom. The Kier molecular flexibility index (Phi) is 4.86. The molecule has 1 fully saturated rings. The SMILES string of the molecule is CN1C(=O)N[C@@H](c2ccc(F)cc2)C2=C1CN(CCN1CCCCC1)C2=O. The molecule has 144 valence electrons. The van der Waals surface area contributed by atoms with Gasteiger partial charge in [-0.15, -0.1) is 0 Å². The third-order valence-corrected chi connectivity index (χ3v) is 5.77. The number of halogens is 1. The van der Waals surface area contributed by atoms with E-state index in [1.54, 1.807) is 19.2 Å². The molecule has 1 atom stereocenters. The van der Waals surface area contributed by atoms with Crippen LogP contribution in [0.15, 0.2) is 35.5 Å².